The Kier molecular flexibility index (Phi) is 5.85. The number of β-amino-alcohol motifs (C(OH)–C–C–N with tert-alkyl or cyclic N) is 1. The molecule has 2 amide bonds. The molecule has 0 aromatic carbocycles. The first-order valence-corrected chi connectivity index (χ1v) is 10.9. The Morgan fingerprint density at radius 2 is 2.09 bits per heavy atom. The van der Waals surface area contributed by atoms with Crippen molar-refractivity contribution < 1.29 is 14.7 Å². The summed E-state index contributed by atoms with van der Waals surface area (Å²) in [5.41, 5.74) is 6.82. The molecule has 32 heavy (non-hydrogen) atoms. The molecular formula is C21H30N8O3. The second-order valence-corrected chi connectivity index (χ2v) is 9.71. The first-order chi connectivity index (χ1) is 15.1. The summed E-state index contributed by atoms with van der Waals surface area (Å²) in [6.45, 7) is 6.08. The Labute approximate surface area is 186 Å². The first kappa shape index (κ1) is 22.1. The maximum atomic E-state index is 13.7. The summed E-state index contributed by atoms with van der Waals surface area (Å²) in [5, 5.41) is 21.6. The number of nitrogen functional groups attached to an aromatic ring is 1. The van der Waals surface area contributed by atoms with Crippen LogP contribution in [0, 0.1) is 5.41 Å². The number of carbonyl (C=O) groups excluding carboxylic acids is 2. The van der Waals surface area contributed by atoms with E-state index >= 15 is 0 Å². The average molecular weight is 443 g/mol. The monoisotopic (exact) mass is 442 g/mol. The number of nitrogens with two attached hydrogens (primary N) is 1. The lowest BCUT2D eigenvalue weighted by Crippen LogP contribution is -2.50. The second kappa shape index (κ2) is 8.45. The van der Waals surface area contributed by atoms with Gasteiger partial charge in [-0.3, -0.25) is 9.59 Å². The zero-order chi connectivity index (χ0) is 23.0. The van der Waals surface area contributed by atoms with E-state index in [-0.39, 0.29) is 37.1 Å². The topological polar surface area (TPSA) is 152 Å². The third-order valence-corrected chi connectivity index (χ3v) is 5.98. The minimum atomic E-state index is -0.792. The highest BCUT2D eigenvalue weighted by atomic mass is 16.3. The SMILES string of the molecule is CC(C)(C)[C@@H](C(=O)N1CC(O)CC1C(=O)NCc1cncnc1N)n1cc(C2CC2)nn1. The molecule has 0 radical (unpaired) electrons. The highest BCUT2D eigenvalue weighted by Gasteiger charge is 2.45. The number of aromatic nitrogens is 5. The van der Waals surface area contributed by atoms with E-state index in [0.29, 0.717) is 11.5 Å². The van der Waals surface area contributed by atoms with Crippen molar-refractivity contribution in [2.24, 2.45) is 5.41 Å². The smallest absolute Gasteiger partial charge is 0.248 e. The van der Waals surface area contributed by atoms with Gasteiger partial charge >= 0.3 is 0 Å². The molecule has 11 nitrogen and oxygen atoms in total. The molecule has 1 aliphatic heterocycles. The number of nitrogens with zero attached hydrogens (tertiary/aromatic N) is 6. The van der Waals surface area contributed by atoms with Crippen molar-refractivity contribution in [1.82, 2.24) is 35.2 Å². The van der Waals surface area contributed by atoms with Gasteiger partial charge in [0.05, 0.1) is 11.8 Å². The van der Waals surface area contributed by atoms with Crippen molar-refractivity contribution in [2.45, 2.75) is 70.7 Å². The van der Waals surface area contributed by atoms with E-state index in [2.05, 4.69) is 25.6 Å². The lowest BCUT2D eigenvalue weighted by atomic mass is 9.85. The number of hydrogen-bond donors (Lipinski definition) is 3. The number of rotatable bonds is 6. The van der Waals surface area contributed by atoms with Gasteiger partial charge in [0, 0.05) is 43.4 Å². The Hall–Kier alpha value is -3.08. The van der Waals surface area contributed by atoms with Crippen LogP contribution in [-0.4, -0.2) is 65.5 Å². The van der Waals surface area contributed by atoms with Gasteiger partial charge in [-0.2, -0.15) is 0 Å². The van der Waals surface area contributed by atoms with Crippen molar-refractivity contribution in [3.8, 4) is 0 Å². The maximum Gasteiger partial charge on any atom is 0.248 e. The van der Waals surface area contributed by atoms with Gasteiger partial charge in [-0.05, 0) is 18.3 Å². The van der Waals surface area contributed by atoms with Crippen LogP contribution in [0.5, 0.6) is 0 Å². The van der Waals surface area contributed by atoms with Gasteiger partial charge < -0.3 is 21.1 Å². The molecule has 3 atom stereocenters. The van der Waals surface area contributed by atoms with Crippen molar-refractivity contribution in [3.63, 3.8) is 0 Å². The highest BCUT2D eigenvalue weighted by molar-refractivity contribution is 5.90. The zero-order valence-corrected chi connectivity index (χ0v) is 18.6. The lowest BCUT2D eigenvalue weighted by molar-refractivity contribution is -0.144. The molecule has 172 valence electrons. The number of aliphatic hydroxyl groups excluding tert-OH is 1. The summed E-state index contributed by atoms with van der Waals surface area (Å²) in [4.78, 5) is 35.9. The Balaban J connectivity index is 1.52. The molecule has 4 N–H and O–H groups in total. The van der Waals surface area contributed by atoms with Crippen LogP contribution in [0.25, 0.3) is 0 Å². The zero-order valence-electron chi connectivity index (χ0n) is 18.6. The van der Waals surface area contributed by atoms with Crippen LogP contribution in [0.3, 0.4) is 0 Å². The van der Waals surface area contributed by atoms with Crippen LogP contribution in [-0.2, 0) is 16.1 Å². The van der Waals surface area contributed by atoms with Crippen molar-refractivity contribution in [2.75, 3.05) is 12.3 Å². The molecule has 0 spiro atoms. The summed E-state index contributed by atoms with van der Waals surface area (Å²) in [6, 6.07) is -1.44. The van der Waals surface area contributed by atoms with E-state index in [1.807, 2.05) is 27.0 Å². The molecule has 0 bridgehead atoms. The van der Waals surface area contributed by atoms with Crippen LogP contribution in [0.1, 0.15) is 63.3 Å². The van der Waals surface area contributed by atoms with E-state index in [4.69, 9.17) is 5.73 Å². The van der Waals surface area contributed by atoms with E-state index in [1.165, 1.54) is 17.4 Å². The summed E-state index contributed by atoms with van der Waals surface area (Å²) in [5.74, 6) is 0.0817. The summed E-state index contributed by atoms with van der Waals surface area (Å²) in [7, 11) is 0. The number of aliphatic hydroxyl groups is 1. The molecule has 2 fully saturated rings. The molecular weight excluding hydrogens is 412 g/mol. The van der Waals surface area contributed by atoms with Gasteiger partial charge in [-0.1, -0.05) is 26.0 Å². The first-order valence-electron chi connectivity index (χ1n) is 10.9. The Morgan fingerprint density at radius 3 is 2.75 bits per heavy atom. The number of nitrogens with one attached hydrogen (secondary N) is 1. The molecule has 1 saturated heterocycles. The van der Waals surface area contributed by atoms with Gasteiger partial charge in [0.25, 0.3) is 0 Å². The van der Waals surface area contributed by atoms with Gasteiger partial charge in [-0.25, -0.2) is 14.6 Å². The van der Waals surface area contributed by atoms with Gasteiger partial charge in [-0.15, -0.1) is 5.10 Å². The summed E-state index contributed by atoms with van der Waals surface area (Å²) >= 11 is 0. The van der Waals surface area contributed by atoms with Crippen LogP contribution in [0.4, 0.5) is 5.82 Å². The minimum absolute atomic E-state index is 0.0876. The minimum Gasteiger partial charge on any atom is -0.391 e. The number of amides is 2. The average Bonchev–Trinajstić information content (AvgIpc) is 3.34. The largest absolute Gasteiger partial charge is 0.391 e. The van der Waals surface area contributed by atoms with Crippen LogP contribution in [0.15, 0.2) is 18.7 Å². The number of likely N-dealkylation sites (tertiary alicyclic amines) is 1. The van der Waals surface area contributed by atoms with Gasteiger partial charge in [0.15, 0.2) is 0 Å². The second-order valence-electron chi connectivity index (χ2n) is 9.71. The molecule has 11 heteroatoms. The quantitative estimate of drug-likeness (QED) is 0.581. The molecule has 2 aromatic rings. The summed E-state index contributed by atoms with van der Waals surface area (Å²) < 4.78 is 1.61. The van der Waals surface area contributed by atoms with Crippen molar-refractivity contribution in [3.05, 3.63) is 30.0 Å². The normalized spacial score (nSPS) is 22.1. The number of hydrogen-bond acceptors (Lipinski definition) is 8. The van der Waals surface area contributed by atoms with Crippen molar-refractivity contribution >= 4 is 17.6 Å². The molecule has 2 aliphatic rings. The third-order valence-electron chi connectivity index (χ3n) is 5.98. The fraction of sp³-hybridized carbons (Fsp3) is 0.619. The van der Waals surface area contributed by atoms with Gasteiger partial charge in [0.1, 0.15) is 24.2 Å². The summed E-state index contributed by atoms with van der Waals surface area (Å²) in [6.07, 6.45) is 6.27. The standard InChI is InChI=1S/C21H30N8O3/c1-21(2,3)17(29-10-15(26-27-29)12-4-5-12)20(32)28-9-14(30)6-16(28)19(31)24-8-13-7-23-11-25-18(13)22/h7,10-12,14,16-17,30H,4-6,8-9H2,1-3H3,(H,24,31)(H2,22,23,25)/t14?,16?,17-/m1/s1. The van der Waals surface area contributed by atoms with Crippen LogP contribution < -0.4 is 11.1 Å². The highest BCUT2D eigenvalue weighted by Crippen LogP contribution is 2.40. The maximum absolute atomic E-state index is 13.7. The molecule has 2 unspecified atom stereocenters. The Morgan fingerprint density at radius 1 is 1.34 bits per heavy atom. The molecule has 4 rings (SSSR count). The predicted octanol–water partition coefficient (Wildman–Crippen LogP) is 0.393. The van der Waals surface area contributed by atoms with Gasteiger partial charge in [0.2, 0.25) is 11.8 Å². The van der Waals surface area contributed by atoms with E-state index in [0.717, 1.165) is 18.5 Å². The lowest BCUT2D eigenvalue weighted by Gasteiger charge is -2.34. The number of anilines is 1. The fourth-order valence-electron chi connectivity index (χ4n) is 4.13. The van der Waals surface area contributed by atoms with Crippen molar-refractivity contribution in [1.29, 1.82) is 0 Å². The fourth-order valence-corrected chi connectivity index (χ4v) is 4.13. The predicted molar refractivity (Wildman–Crippen MR) is 115 cm³/mol. The molecule has 1 aliphatic carbocycles. The Bertz CT molecular complexity index is 997. The van der Waals surface area contributed by atoms with Crippen LogP contribution >= 0.6 is 0 Å². The van der Waals surface area contributed by atoms with E-state index in [1.54, 1.807) is 4.68 Å². The van der Waals surface area contributed by atoms with E-state index in [9.17, 15) is 14.7 Å². The third kappa shape index (κ3) is 4.57. The van der Waals surface area contributed by atoms with E-state index < -0.39 is 23.6 Å². The number of carbonyl (C=O) groups is 2. The van der Waals surface area contributed by atoms with Crippen LogP contribution in [0.2, 0.25) is 0 Å². The molecule has 3 heterocycles. The molecule has 1 saturated carbocycles. The molecule has 2 aromatic heterocycles.